The molecule has 0 bridgehead atoms. The van der Waals surface area contributed by atoms with E-state index in [0.717, 1.165) is 28.0 Å². The van der Waals surface area contributed by atoms with Gasteiger partial charge in [-0.1, -0.05) is 23.8 Å². The van der Waals surface area contributed by atoms with Gasteiger partial charge in [-0.15, -0.1) is 17.2 Å². The van der Waals surface area contributed by atoms with Gasteiger partial charge in [-0.2, -0.15) is 0 Å². The van der Waals surface area contributed by atoms with Crippen molar-refractivity contribution in [3.8, 4) is 5.75 Å². The Morgan fingerprint density at radius 1 is 0.962 bits per heavy atom. The maximum atomic E-state index is 11.2. The predicted octanol–water partition coefficient (Wildman–Crippen LogP) is 4.90. The van der Waals surface area contributed by atoms with Crippen molar-refractivity contribution in [2.45, 2.75) is 41.2 Å². The Morgan fingerprint density at radius 3 is 2.04 bits per heavy atom. The SMILES string of the molecule is CO/C=C(/[C-]=O)c1ccccc1COc1c(C)c(C)c(C)c(C)c1C.[Y]. The molecule has 0 heterocycles. The van der Waals surface area contributed by atoms with Gasteiger partial charge in [0.1, 0.15) is 12.4 Å². The van der Waals surface area contributed by atoms with Crippen LogP contribution in [0, 0.1) is 34.6 Å². The van der Waals surface area contributed by atoms with Crippen molar-refractivity contribution in [1.82, 2.24) is 0 Å². The van der Waals surface area contributed by atoms with Crippen LogP contribution in [0.4, 0.5) is 0 Å². The molecule has 2 rings (SSSR count). The summed E-state index contributed by atoms with van der Waals surface area (Å²) in [6.45, 7) is 10.9. The topological polar surface area (TPSA) is 35.5 Å². The number of hydrogen-bond acceptors (Lipinski definition) is 3. The Balaban J connectivity index is 0.00000338. The zero-order chi connectivity index (χ0) is 18.6. The van der Waals surface area contributed by atoms with Crippen molar-refractivity contribution < 1.29 is 47.0 Å². The summed E-state index contributed by atoms with van der Waals surface area (Å²) in [5.41, 5.74) is 8.22. The summed E-state index contributed by atoms with van der Waals surface area (Å²) in [7, 11) is 1.51. The van der Waals surface area contributed by atoms with Gasteiger partial charge in [-0.05, 0) is 68.7 Å². The molecular formula is C22H25O3Y-. The third-order valence-electron chi connectivity index (χ3n) is 4.96. The number of carbonyl (C=O) groups excluding carboxylic acids is 1. The van der Waals surface area contributed by atoms with E-state index in [1.54, 1.807) is 0 Å². The van der Waals surface area contributed by atoms with Gasteiger partial charge in [0.2, 0.25) is 0 Å². The van der Waals surface area contributed by atoms with Crippen LogP contribution in [-0.2, 0) is 48.8 Å². The summed E-state index contributed by atoms with van der Waals surface area (Å²) >= 11 is 0. The van der Waals surface area contributed by atoms with Gasteiger partial charge in [0.15, 0.2) is 0 Å². The maximum absolute atomic E-state index is 11.2. The molecule has 0 saturated carbocycles. The molecular weight excluding hydrogens is 401 g/mol. The van der Waals surface area contributed by atoms with Crippen LogP contribution in [0.25, 0.3) is 5.57 Å². The number of hydrogen-bond donors (Lipinski definition) is 0. The van der Waals surface area contributed by atoms with E-state index in [0.29, 0.717) is 12.2 Å². The predicted molar refractivity (Wildman–Crippen MR) is 102 cm³/mol. The summed E-state index contributed by atoms with van der Waals surface area (Å²) in [6, 6.07) is 7.65. The van der Waals surface area contributed by atoms with Crippen molar-refractivity contribution in [2.24, 2.45) is 0 Å². The molecule has 0 spiro atoms. The molecule has 135 valence electrons. The molecule has 0 aliphatic rings. The van der Waals surface area contributed by atoms with E-state index < -0.39 is 0 Å². The van der Waals surface area contributed by atoms with Crippen molar-refractivity contribution in [2.75, 3.05) is 7.11 Å². The third-order valence-corrected chi connectivity index (χ3v) is 4.96. The first-order valence-electron chi connectivity index (χ1n) is 8.31. The number of benzene rings is 2. The summed E-state index contributed by atoms with van der Waals surface area (Å²) in [4.78, 5) is 11.2. The molecule has 0 fully saturated rings. The normalized spacial score (nSPS) is 10.9. The molecule has 0 aromatic heterocycles. The van der Waals surface area contributed by atoms with Crippen LogP contribution in [0.2, 0.25) is 0 Å². The molecule has 0 saturated heterocycles. The second-order valence-corrected chi connectivity index (χ2v) is 6.27. The molecule has 0 aliphatic carbocycles. The second kappa shape index (κ2) is 10.0. The van der Waals surface area contributed by atoms with Gasteiger partial charge < -0.3 is 14.3 Å². The fourth-order valence-electron chi connectivity index (χ4n) is 3.00. The van der Waals surface area contributed by atoms with Gasteiger partial charge in [0.25, 0.3) is 0 Å². The molecule has 0 aliphatic heterocycles. The van der Waals surface area contributed by atoms with E-state index in [1.807, 2.05) is 30.6 Å². The van der Waals surface area contributed by atoms with Crippen LogP contribution >= 0.6 is 0 Å². The smallest absolute Gasteiger partial charge is 0.126 e. The van der Waals surface area contributed by atoms with Gasteiger partial charge in [0.05, 0.1) is 13.4 Å². The molecule has 2 aromatic rings. The molecule has 1 radical (unpaired) electrons. The van der Waals surface area contributed by atoms with Crippen molar-refractivity contribution in [3.63, 3.8) is 0 Å². The zero-order valence-corrected chi connectivity index (χ0v) is 19.2. The maximum Gasteiger partial charge on any atom is 0.126 e. The minimum atomic E-state index is 0. The summed E-state index contributed by atoms with van der Waals surface area (Å²) in [5, 5.41) is 0. The van der Waals surface area contributed by atoms with Crippen LogP contribution in [0.3, 0.4) is 0 Å². The van der Waals surface area contributed by atoms with E-state index in [9.17, 15) is 4.79 Å². The monoisotopic (exact) mass is 426 g/mol. The number of rotatable bonds is 6. The Bertz CT molecular complexity index is 793. The van der Waals surface area contributed by atoms with Crippen molar-refractivity contribution in [1.29, 1.82) is 0 Å². The van der Waals surface area contributed by atoms with E-state index in [2.05, 4.69) is 34.6 Å². The Hall–Kier alpha value is -1.45. The molecule has 0 atom stereocenters. The molecule has 3 nitrogen and oxygen atoms in total. The first-order chi connectivity index (χ1) is 11.9. The van der Waals surface area contributed by atoms with Crippen LogP contribution in [0.5, 0.6) is 5.75 Å². The van der Waals surface area contributed by atoms with E-state index in [1.165, 1.54) is 30.1 Å². The fourth-order valence-corrected chi connectivity index (χ4v) is 3.00. The minimum absolute atomic E-state index is 0. The van der Waals surface area contributed by atoms with Crippen molar-refractivity contribution >= 4 is 11.9 Å². The summed E-state index contributed by atoms with van der Waals surface area (Å²) in [6.07, 6.45) is 3.34. The fraction of sp³-hybridized carbons (Fsp3) is 0.318. The van der Waals surface area contributed by atoms with E-state index >= 15 is 0 Å². The molecule has 26 heavy (non-hydrogen) atoms. The van der Waals surface area contributed by atoms with Crippen LogP contribution < -0.4 is 4.74 Å². The van der Waals surface area contributed by atoms with Crippen molar-refractivity contribution in [3.05, 3.63) is 69.5 Å². The first kappa shape index (κ1) is 22.6. The Morgan fingerprint density at radius 2 is 1.50 bits per heavy atom. The van der Waals surface area contributed by atoms with Gasteiger partial charge in [-0.3, -0.25) is 0 Å². The molecule has 0 amide bonds. The second-order valence-electron chi connectivity index (χ2n) is 6.27. The number of ether oxygens (including phenoxy) is 2. The molecule has 2 aromatic carbocycles. The van der Waals surface area contributed by atoms with Crippen LogP contribution in [0.15, 0.2) is 30.5 Å². The molecule has 0 N–H and O–H groups in total. The minimum Gasteiger partial charge on any atom is -0.561 e. The third kappa shape index (κ3) is 4.63. The van der Waals surface area contributed by atoms with Gasteiger partial charge >= 0.3 is 0 Å². The Labute approximate surface area is 181 Å². The molecule has 0 unspecified atom stereocenters. The van der Waals surface area contributed by atoms with Crippen LogP contribution in [0.1, 0.15) is 38.9 Å². The van der Waals surface area contributed by atoms with Gasteiger partial charge in [0, 0.05) is 32.7 Å². The Kier molecular flexibility index (Phi) is 8.72. The zero-order valence-electron chi connectivity index (χ0n) is 16.4. The van der Waals surface area contributed by atoms with E-state index in [-0.39, 0.29) is 32.7 Å². The number of methoxy groups -OCH3 is 1. The average Bonchev–Trinajstić information content (AvgIpc) is 2.63. The summed E-state index contributed by atoms with van der Waals surface area (Å²) < 4.78 is 11.2. The van der Waals surface area contributed by atoms with E-state index in [4.69, 9.17) is 9.47 Å². The summed E-state index contributed by atoms with van der Waals surface area (Å²) in [5.74, 6) is 0.919. The number of allylic oxidation sites excluding steroid dienone is 1. The quantitative estimate of drug-likeness (QED) is 0.375. The molecule has 4 heteroatoms. The standard InChI is InChI=1S/C22H25O3.Y/c1-14-15(2)17(4)22(18(5)16(14)3)25-13-19-9-7-8-10-21(19)20(11-23)12-24-6;/h7-10,12H,13H2,1-6H3;/q-1;/b20-12-;. The average molecular weight is 426 g/mol. The first-order valence-corrected chi connectivity index (χ1v) is 8.31. The largest absolute Gasteiger partial charge is 0.561 e. The van der Waals surface area contributed by atoms with Crippen LogP contribution in [-0.4, -0.2) is 13.4 Å². The van der Waals surface area contributed by atoms with Gasteiger partial charge in [-0.25, -0.2) is 0 Å².